The molecule has 0 unspecified atom stereocenters. The SMILES string of the molecule is CS(=O)(=O)c1ccc(-c2ccc(S(=O)(=O)N3CCCC3)s2)s1. The van der Waals surface area contributed by atoms with E-state index in [9.17, 15) is 16.8 Å². The molecule has 9 heteroatoms. The largest absolute Gasteiger partial charge is 0.252 e. The van der Waals surface area contributed by atoms with E-state index in [2.05, 4.69) is 0 Å². The summed E-state index contributed by atoms with van der Waals surface area (Å²) in [4.78, 5) is 1.55. The molecule has 0 amide bonds. The Hall–Kier alpha value is -0.740. The van der Waals surface area contributed by atoms with Crippen molar-refractivity contribution in [2.75, 3.05) is 19.3 Å². The predicted octanol–water partition coefficient (Wildman–Crippen LogP) is 2.66. The van der Waals surface area contributed by atoms with Crippen LogP contribution in [0.15, 0.2) is 32.7 Å². The number of nitrogens with zero attached hydrogens (tertiary/aromatic N) is 1. The lowest BCUT2D eigenvalue weighted by Crippen LogP contribution is -2.27. The first-order valence-electron chi connectivity index (χ1n) is 6.69. The second kappa shape index (κ2) is 5.72. The number of sulfonamides is 1. The molecule has 5 nitrogen and oxygen atoms in total. The molecular weight excluding hydrogens is 362 g/mol. The summed E-state index contributed by atoms with van der Waals surface area (Å²) in [5.41, 5.74) is 0. The second-order valence-corrected chi connectivity index (χ2v) is 11.7. The quantitative estimate of drug-likeness (QED) is 0.821. The first-order chi connectivity index (χ1) is 10.3. The van der Waals surface area contributed by atoms with Gasteiger partial charge in [0.05, 0.1) is 0 Å². The molecule has 2 aromatic rings. The molecule has 0 aliphatic carbocycles. The summed E-state index contributed by atoms with van der Waals surface area (Å²) < 4.78 is 50.2. The highest BCUT2D eigenvalue weighted by Gasteiger charge is 2.28. The molecule has 1 aliphatic rings. The summed E-state index contributed by atoms with van der Waals surface area (Å²) in [6, 6.07) is 6.63. The van der Waals surface area contributed by atoms with Crippen LogP contribution < -0.4 is 0 Å². The van der Waals surface area contributed by atoms with Crippen molar-refractivity contribution in [3.8, 4) is 9.75 Å². The van der Waals surface area contributed by atoms with Gasteiger partial charge in [0.25, 0.3) is 10.0 Å². The van der Waals surface area contributed by atoms with Crippen LogP contribution in [0.3, 0.4) is 0 Å². The molecule has 1 saturated heterocycles. The van der Waals surface area contributed by atoms with Gasteiger partial charge in [0.2, 0.25) is 0 Å². The molecule has 0 saturated carbocycles. The van der Waals surface area contributed by atoms with Crippen LogP contribution in [0.4, 0.5) is 0 Å². The van der Waals surface area contributed by atoms with E-state index in [-0.39, 0.29) is 0 Å². The number of sulfone groups is 1. The zero-order chi connectivity index (χ0) is 16.0. The fourth-order valence-electron chi connectivity index (χ4n) is 2.30. The molecule has 0 radical (unpaired) electrons. The third-order valence-electron chi connectivity index (χ3n) is 3.43. The molecule has 0 spiro atoms. The normalized spacial score (nSPS) is 17.1. The Balaban J connectivity index is 1.92. The maximum atomic E-state index is 12.5. The van der Waals surface area contributed by atoms with Gasteiger partial charge < -0.3 is 0 Å². The first kappa shape index (κ1) is 16.1. The highest BCUT2D eigenvalue weighted by Crippen LogP contribution is 2.37. The molecule has 0 bridgehead atoms. The Labute approximate surface area is 138 Å². The maximum absolute atomic E-state index is 12.5. The lowest BCUT2D eigenvalue weighted by Gasteiger charge is -2.13. The molecule has 3 rings (SSSR count). The second-order valence-electron chi connectivity index (χ2n) is 5.12. The van der Waals surface area contributed by atoms with Gasteiger partial charge in [0, 0.05) is 29.1 Å². The van der Waals surface area contributed by atoms with E-state index in [1.807, 2.05) is 0 Å². The molecule has 0 aromatic carbocycles. The standard InChI is InChI=1S/C13H15NO4S4/c1-21(15,16)12-6-4-10(19-12)11-5-7-13(20-11)22(17,18)14-8-2-3-9-14/h4-7H,2-3,8-9H2,1H3. The van der Waals surface area contributed by atoms with Crippen molar-refractivity contribution in [2.45, 2.75) is 21.3 Å². The number of hydrogen-bond donors (Lipinski definition) is 0. The molecule has 0 N–H and O–H groups in total. The first-order valence-corrected chi connectivity index (χ1v) is 11.7. The maximum Gasteiger partial charge on any atom is 0.252 e. The van der Waals surface area contributed by atoms with Crippen LogP contribution in [0.5, 0.6) is 0 Å². The van der Waals surface area contributed by atoms with Gasteiger partial charge in [-0.2, -0.15) is 4.31 Å². The van der Waals surface area contributed by atoms with Crippen LogP contribution in [0.1, 0.15) is 12.8 Å². The fourth-order valence-corrected chi connectivity index (χ4v) is 7.29. The van der Waals surface area contributed by atoms with E-state index in [0.29, 0.717) is 21.5 Å². The van der Waals surface area contributed by atoms with E-state index in [0.717, 1.165) is 33.9 Å². The molecule has 1 fully saturated rings. The van der Waals surface area contributed by atoms with Gasteiger partial charge in [-0.1, -0.05) is 0 Å². The fraction of sp³-hybridized carbons (Fsp3) is 0.385. The van der Waals surface area contributed by atoms with Crippen LogP contribution in [0.25, 0.3) is 9.75 Å². The minimum absolute atomic E-state index is 0.292. The Bertz CT molecular complexity index is 886. The Morgan fingerprint density at radius 1 is 0.864 bits per heavy atom. The number of rotatable bonds is 4. The van der Waals surface area contributed by atoms with Crippen LogP contribution in [-0.4, -0.2) is 40.5 Å². The van der Waals surface area contributed by atoms with Gasteiger partial charge >= 0.3 is 0 Å². The molecule has 120 valence electrons. The third kappa shape index (κ3) is 3.00. The number of thiophene rings is 2. The molecular formula is C13H15NO4S4. The molecule has 1 aliphatic heterocycles. The van der Waals surface area contributed by atoms with Gasteiger partial charge in [-0.25, -0.2) is 16.8 Å². The van der Waals surface area contributed by atoms with Gasteiger partial charge in [0.1, 0.15) is 8.42 Å². The van der Waals surface area contributed by atoms with Crippen molar-refractivity contribution in [2.24, 2.45) is 0 Å². The minimum Gasteiger partial charge on any atom is -0.223 e. The number of hydrogen-bond acceptors (Lipinski definition) is 6. The van der Waals surface area contributed by atoms with Crippen LogP contribution in [0.2, 0.25) is 0 Å². The summed E-state index contributed by atoms with van der Waals surface area (Å²) in [5, 5.41) is 0. The average Bonchev–Trinajstić information content (AvgIpc) is 3.18. The van der Waals surface area contributed by atoms with E-state index in [1.165, 1.54) is 21.9 Å². The van der Waals surface area contributed by atoms with Crippen LogP contribution in [0, 0.1) is 0 Å². The smallest absolute Gasteiger partial charge is 0.223 e. The summed E-state index contributed by atoms with van der Waals surface area (Å²) in [7, 11) is -6.64. The highest BCUT2D eigenvalue weighted by atomic mass is 32.2. The third-order valence-corrected chi connectivity index (χ3v) is 9.98. The van der Waals surface area contributed by atoms with E-state index >= 15 is 0 Å². The average molecular weight is 378 g/mol. The highest BCUT2D eigenvalue weighted by molar-refractivity contribution is 7.93. The van der Waals surface area contributed by atoms with E-state index in [1.54, 1.807) is 24.3 Å². The predicted molar refractivity (Wildman–Crippen MR) is 88.7 cm³/mol. The summed E-state index contributed by atoms with van der Waals surface area (Å²) in [6.07, 6.45) is 2.97. The zero-order valence-electron chi connectivity index (χ0n) is 11.9. The Kier molecular flexibility index (Phi) is 4.19. The topological polar surface area (TPSA) is 71.5 Å². The van der Waals surface area contributed by atoms with Crippen LogP contribution >= 0.6 is 22.7 Å². The molecule has 0 atom stereocenters. The summed E-state index contributed by atoms with van der Waals surface area (Å²) >= 11 is 2.35. The van der Waals surface area contributed by atoms with Gasteiger partial charge in [-0.15, -0.1) is 22.7 Å². The van der Waals surface area contributed by atoms with Gasteiger partial charge in [0.15, 0.2) is 9.84 Å². The van der Waals surface area contributed by atoms with Gasteiger partial charge in [-0.3, -0.25) is 0 Å². The summed E-state index contributed by atoms with van der Waals surface area (Å²) in [6.45, 7) is 1.15. The van der Waals surface area contributed by atoms with Crippen molar-refractivity contribution in [3.05, 3.63) is 24.3 Å². The van der Waals surface area contributed by atoms with Crippen molar-refractivity contribution in [1.82, 2.24) is 4.31 Å². The zero-order valence-corrected chi connectivity index (χ0v) is 15.1. The van der Waals surface area contributed by atoms with Gasteiger partial charge in [-0.05, 0) is 37.1 Å². The Morgan fingerprint density at radius 3 is 1.86 bits per heavy atom. The molecule has 22 heavy (non-hydrogen) atoms. The van der Waals surface area contributed by atoms with E-state index in [4.69, 9.17) is 0 Å². The monoisotopic (exact) mass is 377 g/mol. The van der Waals surface area contributed by atoms with Crippen molar-refractivity contribution in [1.29, 1.82) is 0 Å². The summed E-state index contributed by atoms with van der Waals surface area (Å²) in [5.74, 6) is 0. The van der Waals surface area contributed by atoms with Crippen molar-refractivity contribution in [3.63, 3.8) is 0 Å². The van der Waals surface area contributed by atoms with E-state index < -0.39 is 19.9 Å². The Morgan fingerprint density at radius 2 is 1.36 bits per heavy atom. The van der Waals surface area contributed by atoms with Crippen molar-refractivity contribution >= 4 is 42.5 Å². The lowest BCUT2D eigenvalue weighted by molar-refractivity contribution is 0.479. The van der Waals surface area contributed by atoms with Crippen LogP contribution in [-0.2, 0) is 19.9 Å². The van der Waals surface area contributed by atoms with Crippen molar-refractivity contribution < 1.29 is 16.8 Å². The molecule has 2 aromatic heterocycles. The lowest BCUT2D eigenvalue weighted by atomic mass is 10.4. The molecule has 3 heterocycles. The minimum atomic E-state index is -3.41.